The van der Waals surface area contributed by atoms with Crippen LogP contribution < -0.4 is 11.5 Å². The van der Waals surface area contributed by atoms with Crippen molar-refractivity contribution in [3.8, 4) is 0 Å². The first kappa shape index (κ1) is 14.8. The lowest BCUT2D eigenvalue weighted by Gasteiger charge is -2.32. The summed E-state index contributed by atoms with van der Waals surface area (Å²) in [5.41, 5.74) is 10.1. The fourth-order valence-corrected chi connectivity index (χ4v) is 1.76. The van der Waals surface area contributed by atoms with Gasteiger partial charge in [0.05, 0.1) is 0 Å². The summed E-state index contributed by atoms with van der Waals surface area (Å²) in [6.45, 7) is 3.59. The highest BCUT2D eigenvalue weighted by Gasteiger charge is 2.35. The van der Waals surface area contributed by atoms with Gasteiger partial charge in [-0.1, -0.05) is 44.2 Å². The average molecular weight is 266 g/mol. The number of carbonyl (C=O) groups is 2. The maximum Gasteiger partial charge on any atom is 0.405 e. The van der Waals surface area contributed by atoms with Crippen LogP contribution in [0.2, 0.25) is 0 Å². The van der Waals surface area contributed by atoms with Crippen LogP contribution in [-0.2, 0) is 9.47 Å². The summed E-state index contributed by atoms with van der Waals surface area (Å²) in [7, 11) is 0. The number of ether oxygens (including phenoxy) is 2. The van der Waals surface area contributed by atoms with E-state index in [-0.39, 0.29) is 6.61 Å². The van der Waals surface area contributed by atoms with Gasteiger partial charge in [0.1, 0.15) is 12.7 Å². The fraction of sp³-hybridized carbons (Fsp3) is 0.385. The van der Waals surface area contributed by atoms with E-state index in [2.05, 4.69) is 0 Å². The molecule has 0 aliphatic carbocycles. The minimum absolute atomic E-state index is 0.00910. The highest BCUT2D eigenvalue weighted by Crippen LogP contribution is 2.36. The minimum atomic E-state index is -0.888. The lowest BCUT2D eigenvalue weighted by molar-refractivity contribution is -0.0101. The maximum absolute atomic E-state index is 11.0. The molecule has 104 valence electrons. The summed E-state index contributed by atoms with van der Waals surface area (Å²) in [4.78, 5) is 21.7. The van der Waals surface area contributed by atoms with Gasteiger partial charge in [0.2, 0.25) is 0 Å². The predicted octanol–water partition coefficient (Wildman–Crippen LogP) is 1.94. The summed E-state index contributed by atoms with van der Waals surface area (Å²) in [5.74, 6) is 0. The van der Waals surface area contributed by atoms with Crippen LogP contribution in [0.4, 0.5) is 9.59 Å². The Hall–Kier alpha value is -2.24. The van der Waals surface area contributed by atoms with E-state index in [0.717, 1.165) is 5.56 Å². The van der Waals surface area contributed by atoms with Crippen LogP contribution in [0.5, 0.6) is 0 Å². The molecule has 1 aromatic rings. The molecule has 0 aliphatic rings. The van der Waals surface area contributed by atoms with Gasteiger partial charge in [0.15, 0.2) is 0 Å². The molecule has 0 saturated carbocycles. The Morgan fingerprint density at radius 2 is 1.74 bits per heavy atom. The number of carbonyl (C=O) groups excluding carboxylic acids is 2. The van der Waals surface area contributed by atoms with Gasteiger partial charge in [-0.05, 0) is 5.56 Å². The Morgan fingerprint density at radius 1 is 1.16 bits per heavy atom. The highest BCUT2D eigenvalue weighted by molar-refractivity contribution is 5.65. The van der Waals surface area contributed by atoms with Gasteiger partial charge in [-0.2, -0.15) is 0 Å². The Balaban J connectivity index is 2.96. The molecule has 1 aromatic carbocycles. The summed E-state index contributed by atoms with van der Waals surface area (Å²) < 4.78 is 9.94. The Labute approximate surface area is 111 Å². The molecule has 1 rings (SSSR count). The van der Waals surface area contributed by atoms with Crippen LogP contribution in [0.15, 0.2) is 30.3 Å². The Kier molecular flexibility index (Phi) is 4.74. The van der Waals surface area contributed by atoms with E-state index >= 15 is 0 Å². The van der Waals surface area contributed by atoms with E-state index in [9.17, 15) is 9.59 Å². The summed E-state index contributed by atoms with van der Waals surface area (Å²) in [5, 5.41) is 0. The number of hydrogen-bond acceptors (Lipinski definition) is 4. The Morgan fingerprint density at radius 3 is 2.21 bits per heavy atom. The van der Waals surface area contributed by atoms with Crippen molar-refractivity contribution in [3.63, 3.8) is 0 Å². The third kappa shape index (κ3) is 4.50. The summed E-state index contributed by atoms with van der Waals surface area (Å²) in [6, 6.07) is 9.09. The van der Waals surface area contributed by atoms with Crippen LogP contribution >= 0.6 is 0 Å². The van der Waals surface area contributed by atoms with Crippen LogP contribution in [0.1, 0.15) is 25.5 Å². The smallest absolute Gasteiger partial charge is 0.405 e. The second kappa shape index (κ2) is 6.08. The average Bonchev–Trinajstić information content (AvgIpc) is 2.34. The third-order valence-corrected chi connectivity index (χ3v) is 2.63. The van der Waals surface area contributed by atoms with Gasteiger partial charge in [-0.3, -0.25) is 0 Å². The molecule has 0 bridgehead atoms. The number of primary amides is 2. The molecule has 19 heavy (non-hydrogen) atoms. The van der Waals surface area contributed by atoms with Gasteiger partial charge in [0, 0.05) is 5.41 Å². The van der Waals surface area contributed by atoms with Gasteiger partial charge in [-0.15, -0.1) is 0 Å². The molecular formula is C13H18N2O4. The maximum atomic E-state index is 11.0. The zero-order valence-corrected chi connectivity index (χ0v) is 11.0. The van der Waals surface area contributed by atoms with Crippen molar-refractivity contribution in [2.75, 3.05) is 6.61 Å². The summed E-state index contributed by atoms with van der Waals surface area (Å²) in [6.07, 6.45) is -2.40. The molecule has 0 saturated heterocycles. The molecule has 0 unspecified atom stereocenters. The SMILES string of the molecule is CC(C)(COC(N)=O)[C@H](OC(N)=O)c1ccccc1. The quantitative estimate of drug-likeness (QED) is 0.849. The first-order valence-corrected chi connectivity index (χ1v) is 5.76. The number of rotatable bonds is 5. The molecule has 0 aliphatic heterocycles. The van der Waals surface area contributed by atoms with Crippen molar-refractivity contribution < 1.29 is 19.1 Å². The zero-order valence-electron chi connectivity index (χ0n) is 11.0. The van der Waals surface area contributed by atoms with Crippen molar-refractivity contribution in [3.05, 3.63) is 35.9 Å². The standard InChI is InChI=1S/C13H18N2O4/c1-13(2,8-18-11(14)16)10(19-12(15)17)9-6-4-3-5-7-9/h3-7,10H,8H2,1-2H3,(H2,14,16)(H2,15,17)/t10-/m1/s1. The molecule has 1 atom stereocenters. The lowest BCUT2D eigenvalue weighted by Crippen LogP contribution is -2.34. The highest BCUT2D eigenvalue weighted by atomic mass is 16.6. The number of hydrogen-bond donors (Lipinski definition) is 2. The molecule has 0 heterocycles. The van der Waals surface area contributed by atoms with Crippen LogP contribution in [-0.4, -0.2) is 18.8 Å². The van der Waals surface area contributed by atoms with E-state index in [1.165, 1.54) is 0 Å². The number of nitrogens with two attached hydrogens (primary N) is 2. The van der Waals surface area contributed by atoms with Gasteiger partial charge in [-0.25, -0.2) is 9.59 Å². The topological polar surface area (TPSA) is 105 Å². The van der Waals surface area contributed by atoms with Gasteiger partial charge >= 0.3 is 12.2 Å². The first-order valence-electron chi connectivity index (χ1n) is 5.76. The molecule has 0 spiro atoms. The van der Waals surface area contributed by atoms with Crippen molar-refractivity contribution >= 4 is 12.2 Å². The predicted molar refractivity (Wildman–Crippen MR) is 69.2 cm³/mol. The fourth-order valence-electron chi connectivity index (χ4n) is 1.76. The van der Waals surface area contributed by atoms with Gasteiger partial charge in [0.25, 0.3) is 0 Å². The zero-order chi connectivity index (χ0) is 14.5. The second-order valence-corrected chi connectivity index (χ2v) is 4.82. The van der Waals surface area contributed by atoms with Crippen molar-refractivity contribution in [2.45, 2.75) is 20.0 Å². The molecule has 0 aromatic heterocycles. The van der Waals surface area contributed by atoms with E-state index in [1.54, 1.807) is 26.0 Å². The van der Waals surface area contributed by atoms with Crippen molar-refractivity contribution in [1.29, 1.82) is 0 Å². The third-order valence-electron chi connectivity index (χ3n) is 2.63. The van der Waals surface area contributed by atoms with Crippen LogP contribution in [0.3, 0.4) is 0 Å². The lowest BCUT2D eigenvalue weighted by atomic mass is 9.83. The van der Waals surface area contributed by atoms with Crippen LogP contribution in [0.25, 0.3) is 0 Å². The van der Waals surface area contributed by atoms with Crippen molar-refractivity contribution in [2.24, 2.45) is 16.9 Å². The minimum Gasteiger partial charge on any atom is -0.449 e. The first-order chi connectivity index (χ1) is 8.83. The summed E-state index contributed by atoms with van der Waals surface area (Å²) >= 11 is 0. The largest absolute Gasteiger partial charge is 0.449 e. The van der Waals surface area contributed by atoms with Gasteiger partial charge < -0.3 is 20.9 Å². The van der Waals surface area contributed by atoms with E-state index in [4.69, 9.17) is 20.9 Å². The molecule has 6 nitrogen and oxygen atoms in total. The van der Waals surface area contributed by atoms with E-state index in [1.807, 2.05) is 18.2 Å². The number of benzene rings is 1. The van der Waals surface area contributed by atoms with E-state index in [0.29, 0.717) is 0 Å². The van der Waals surface area contributed by atoms with E-state index < -0.39 is 23.7 Å². The molecular weight excluding hydrogens is 248 g/mol. The normalized spacial score (nSPS) is 12.5. The van der Waals surface area contributed by atoms with Crippen LogP contribution in [0, 0.1) is 5.41 Å². The second-order valence-electron chi connectivity index (χ2n) is 4.82. The molecule has 6 heteroatoms. The molecule has 2 amide bonds. The molecule has 0 radical (unpaired) electrons. The molecule has 0 fully saturated rings. The van der Waals surface area contributed by atoms with Crippen molar-refractivity contribution in [1.82, 2.24) is 0 Å². The molecule has 4 N–H and O–H groups in total. The monoisotopic (exact) mass is 266 g/mol. The Bertz CT molecular complexity index is 445. The number of amides is 2.